The molecule has 2 N–H and O–H groups in total. The maximum atomic E-state index is 13.2. The molecular weight excluding hydrogens is 341 g/mol. The molecule has 0 spiro atoms. The normalized spacial score (nSPS) is 20.1. The van der Waals surface area contributed by atoms with Gasteiger partial charge in [0.05, 0.1) is 5.02 Å². The Balaban J connectivity index is 1.49. The second-order valence-electron chi connectivity index (χ2n) is 6.52. The number of carbonyl (C=O) groups excluding carboxylic acids is 1. The van der Waals surface area contributed by atoms with Crippen molar-refractivity contribution in [3.05, 3.63) is 58.5 Å². The highest BCUT2D eigenvalue weighted by Gasteiger charge is 2.23. The van der Waals surface area contributed by atoms with Crippen LogP contribution in [0, 0.1) is 12.7 Å². The Morgan fingerprint density at radius 3 is 2.52 bits per heavy atom. The van der Waals surface area contributed by atoms with Crippen LogP contribution in [0.3, 0.4) is 0 Å². The fourth-order valence-electron chi connectivity index (χ4n) is 3.05. The van der Waals surface area contributed by atoms with Crippen molar-refractivity contribution in [3.63, 3.8) is 0 Å². The lowest BCUT2D eigenvalue weighted by Crippen LogP contribution is -2.40. The average molecular weight is 362 g/mol. The van der Waals surface area contributed by atoms with E-state index in [0.29, 0.717) is 11.6 Å². The number of nitrogens with zero attached hydrogens (tertiary/aromatic N) is 1. The molecule has 1 fully saturated rings. The van der Waals surface area contributed by atoms with E-state index in [2.05, 4.69) is 15.6 Å². The minimum Gasteiger partial charge on any atom is -0.367 e. The highest BCUT2D eigenvalue weighted by Crippen LogP contribution is 2.22. The maximum absolute atomic E-state index is 13.2. The number of pyridine rings is 1. The number of aryl methyl sites for hydroxylation is 1. The highest BCUT2D eigenvalue weighted by molar-refractivity contribution is 6.31. The van der Waals surface area contributed by atoms with E-state index in [4.69, 9.17) is 11.6 Å². The van der Waals surface area contributed by atoms with E-state index in [1.807, 2.05) is 25.3 Å². The first kappa shape index (κ1) is 17.7. The van der Waals surface area contributed by atoms with Crippen LogP contribution in [0.25, 0.3) is 0 Å². The fourth-order valence-corrected chi connectivity index (χ4v) is 3.23. The lowest BCUT2D eigenvalue weighted by Gasteiger charge is -2.30. The van der Waals surface area contributed by atoms with Crippen LogP contribution in [0.1, 0.15) is 41.6 Å². The summed E-state index contributed by atoms with van der Waals surface area (Å²) in [5.41, 5.74) is 1.52. The van der Waals surface area contributed by atoms with E-state index < -0.39 is 5.82 Å². The van der Waals surface area contributed by atoms with Gasteiger partial charge in [0.2, 0.25) is 0 Å². The second-order valence-corrected chi connectivity index (χ2v) is 6.92. The molecule has 1 amide bonds. The van der Waals surface area contributed by atoms with E-state index in [1.54, 1.807) is 0 Å². The van der Waals surface area contributed by atoms with Crippen LogP contribution in [0.15, 0.2) is 36.5 Å². The van der Waals surface area contributed by atoms with Gasteiger partial charge in [0.15, 0.2) is 0 Å². The van der Waals surface area contributed by atoms with Gasteiger partial charge in [0.1, 0.15) is 11.6 Å². The molecule has 0 radical (unpaired) electrons. The number of carbonyl (C=O) groups is 1. The quantitative estimate of drug-likeness (QED) is 0.851. The van der Waals surface area contributed by atoms with Gasteiger partial charge in [0, 0.05) is 23.8 Å². The summed E-state index contributed by atoms with van der Waals surface area (Å²) in [4.78, 5) is 16.6. The Morgan fingerprint density at radius 2 is 1.88 bits per heavy atom. The molecule has 4 nitrogen and oxygen atoms in total. The molecule has 0 saturated heterocycles. The first-order valence-corrected chi connectivity index (χ1v) is 8.84. The molecule has 6 heteroatoms. The number of benzene rings is 1. The predicted octanol–water partition coefficient (Wildman–Crippen LogP) is 4.34. The Hall–Kier alpha value is -2.14. The number of rotatable bonds is 4. The summed E-state index contributed by atoms with van der Waals surface area (Å²) in [6.45, 7) is 2.01. The van der Waals surface area contributed by atoms with E-state index >= 15 is 0 Å². The molecule has 1 aromatic heterocycles. The number of amides is 1. The molecule has 1 saturated carbocycles. The van der Waals surface area contributed by atoms with Gasteiger partial charge in [-0.15, -0.1) is 0 Å². The zero-order chi connectivity index (χ0) is 17.8. The number of anilines is 1. The van der Waals surface area contributed by atoms with E-state index in [-0.39, 0.29) is 17.0 Å². The van der Waals surface area contributed by atoms with Crippen molar-refractivity contribution in [1.29, 1.82) is 0 Å². The Morgan fingerprint density at radius 1 is 1.16 bits per heavy atom. The van der Waals surface area contributed by atoms with Crippen molar-refractivity contribution < 1.29 is 9.18 Å². The maximum Gasteiger partial charge on any atom is 0.251 e. The zero-order valence-corrected chi connectivity index (χ0v) is 14.8. The molecule has 132 valence electrons. The predicted molar refractivity (Wildman–Crippen MR) is 97.5 cm³/mol. The number of hydrogen-bond donors (Lipinski definition) is 2. The number of halogens is 2. The fraction of sp³-hybridized carbons (Fsp3) is 0.368. The van der Waals surface area contributed by atoms with Gasteiger partial charge >= 0.3 is 0 Å². The third kappa shape index (κ3) is 4.69. The monoisotopic (exact) mass is 361 g/mol. The van der Waals surface area contributed by atoms with Crippen molar-refractivity contribution in [2.24, 2.45) is 0 Å². The second kappa shape index (κ2) is 7.83. The molecule has 25 heavy (non-hydrogen) atoms. The lowest BCUT2D eigenvalue weighted by atomic mass is 9.91. The summed E-state index contributed by atoms with van der Waals surface area (Å²) < 4.78 is 13.2. The molecule has 1 heterocycles. The van der Waals surface area contributed by atoms with E-state index in [9.17, 15) is 9.18 Å². The molecule has 1 aromatic carbocycles. The minimum absolute atomic E-state index is 0.0360. The van der Waals surface area contributed by atoms with Gasteiger partial charge in [-0.25, -0.2) is 9.37 Å². The first-order valence-electron chi connectivity index (χ1n) is 8.46. The molecule has 0 atom stereocenters. The molecule has 1 aliphatic carbocycles. The van der Waals surface area contributed by atoms with Crippen molar-refractivity contribution in [2.75, 3.05) is 5.32 Å². The van der Waals surface area contributed by atoms with Crippen molar-refractivity contribution in [3.8, 4) is 0 Å². The lowest BCUT2D eigenvalue weighted by molar-refractivity contribution is 0.0926. The van der Waals surface area contributed by atoms with Crippen LogP contribution in [-0.2, 0) is 0 Å². The van der Waals surface area contributed by atoms with E-state index in [1.165, 1.54) is 18.2 Å². The third-order valence-electron chi connectivity index (χ3n) is 4.51. The number of nitrogens with one attached hydrogen (secondary N) is 2. The van der Waals surface area contributed by atoms with Crippen LogP contribution in [0.2, 0.25) is 5.02 Å². The van der Waals surface area contributed by atoms with Gasteiger partial charge < -0.3 is 10.6 Å². The van der Waals surface area contributed by atoms with Crippen LogP contribution in [-0.4, -0.2) is 23.0 Å². The molecule has 1 aliphatic rings. The van der Waals surface area contributed by atoms with Crippen molar-refractivity contribution in [1.82, 2.24) is 10.3 Å². The van der Waals surface area contributed by atoms with Gasteiger partial charge in [-0.05, 0) is 62.4 Å². The Labute approximate surface area is 151 Å². The summed E-state index contributed by atoms with van der Waals surface area (Å²) in [5.74, 6) is 0.159. The number of aromatic nitrogens is 1. The molecule has 2 aromatic rings. The largest absolute Gasteiger partial charge is 0.367 e. The van der Waals surface area contributed by atoms with Crippen LogP contribution >= 0.6 is 11.6 Å². The van der Waals surface area contributed by atoms with Gasteiger partial charge in [0.25, 0.3) is 5.91 Å². The number of hydrogen-bond acceptors (Lipinski definition) is 3. The van der Waals surface area contributed by atoms with Gasteiger partial charge in [-0.3, -0.25) is 4.79 Å². The SMILES string of the molecule is Cc1ccc(N[C@H]2CC[C@@H](NC(=O)c3ccc(F)c(Cl)c3)CC2)nc1. The van der Waals surface area contributed by atoms with Gasteiger partial charge in [-0.2, -0.15) is 0 Å². The topological polar surface area (TPSA) is 54.0 Å². The molecule has 0 aliphatic heterocycles. The Kier molecular flexibility index (Phi) is 5.53. The minimum atomic E-state index is -0.519. The van der Waals surface area contributed by atoms with Gasteiger partial charge in [-0.1, -0.05) is 17.7 Å². The summed E-state index contributed by atoms with van der Waals surface area (Å²) in [7, 11) is 0. The smallest absolute Gasteiger partial charge is 0.251 e. The van der Waals surface area contributed by atoms with Crippen LogP contribution < -0.4 is 10.6 Å². The molecule has 0 bridgehead atoms. The first-order chi connectivity index (χ1) is 12.0. The third-order valence-corrected chi connectivity index (χ3v) is 4.80. The van der Waals surface area contributed by atoms with Crippen molar-refractivity contribution >= 4 is 23.3 Å². The zero-order valence-electron chi connectivity index (χ0n) is 14.1. The molecular formula is C19H21ClFN3O. The summed E-state index contributed by atoms with van der Waals surface area (Å²) in [5, 5.41) is 6.42. The standard InChI is InChI=1S/C19H21ClFN3O/c1-12-2-9-18(22-11-12)23-14-4-6-15(7-5-14)24-19(25)13-3-8-17(21)16(20)10-13/h2-3,8-11,14-15H,4-7H2,1H3,(H,22,23)(H,24,25)/t14-,15+. The summed E-state index contributed by atoms with van der Waals surface area (Å²) >= 11 is 5.74. The van der Waals surface area contributed by atoms with Crippen LogP contribution in [0.4, 0.5) is 10.2 Å². The summed E-state index contributed by atoms with van der Waals surface area (Å²) in [6, 6.07) is 8.54. The van der Waals surface area contributed by atoms with E-state index in [0.717, 1.165) is 37.1 Å². The highest BCUT2D eigenvalue weighted by atomic mass is 35.5. The Bertz CT molecular complexity index is 743. The summed E-state index contributed by atoms with van der Waals surface area (Å²) in [6.07, 6.45) is 5.56. The molecule has 0 unspecified atom stereocenters. The van der Waals surface area contributed by atoms with Crippen LogP contribution in [0.5, 0.6) is 0 Å². The van der Waals surface area contributed by atoms with Crippen molar-refractivity contribution in [2.45, 2.75) is 44.7 Å². The molecule has 3 rings (SSSR count). The average Bonchev–Trinajstić information content (AvgIpc) is 2.61.